The van der Waals surface area contributed by atoms with E-state index in [-0.39, 0.29) is 0 Å². The van der Waals surface area contributed by atoms with Gasteiger partial charge in [0.05, 0.1) is 12.3 Å². The van der Waals surface area contributed by atoms with E-state index in [9.17, 15) is 0 Å². The molecule has 84 valence electrons. The van der Waals surface area contributed by atoms with Crippen LogP contribution >= 0.6 is 0 Å². The molecule has 3 nitrogen and oxygen atoms in total. The summed E-state index contributed by atoms with van der Waals surface area (Å²) in [6.07, 6.45) is 0. The number of hydrogen-bond donors (Lipinski definition) is 1. The van der Waals surface area contributed by atoms with Crippen LogP contribution < -0.4 is 5.84 Å². The van der Waals surface area contributed by atoms with Gasteiger partial charge in [0.25, 0.3) is 0 Å². The summed E-state index contributed by atoms with van der Waals surface area (Å²) in [6, 6.07) is 10.1. The van der Waals surface area contributed by atoms with Crippen LogP contribution in [0.15, 0.2) is 35.3 Å². The zero-order valence-corrected chi connectivity index (χ0v) is 10.1. The van der Waals surface area contributed by atoms with Crippen molar-refractivity contribution < 1.29 is 0 Å². The molecular formula is C12H21N3. The number of nitrogens with zero attached hydrogens (tertiary/aromatic N) is 2. The Morgan fingerprint density at radius 2 is 1.80 bits per heavy atom. The Morgan fingerprint density at radius 3 is 2.20 bits per heavy atom. The molecule has 0 aromatic heterocycles. The van der Waals surface area contributed by atoms with Gasteiger partial charge in [-0.05, 0) is 5.56 Å². The number of likely N-dealkylation sites (N-methyl/N-ethyl adjacent to an activating group) is 1. The van der Waals surface area contributed by atoms with E-state index in [0.29, 0.717) is 6.54 Å². The molecule has 0 heterocycles. The highest BCUT2D eigenvalue weighted by Crippen LogP contribution is 2.01. The summed E-state index contributed by atoms with van der Waals surface area (Å²) in [6.45, 7) is 4.67. The van der Waals surface area contributed by atoms with Crippen LogP contribution in [0.25, 0.3) is 0 Å². The normalized spacial score (nSPS) is 10.9. The van der Waals surface area contributed by atoms with Crippen LogP contribution in [0.1, 0.15) is 19.4 Å². The fourth-order valence-corrected chi connectivity index (χ4v) is 1.16. The Labute approximate surface area is 92.6 Å². The van der Waals surface area contributed by atoms with Crippen molar-refractivity contribution in [3.63, 3.8) is 0 Å². The molecule has 0 unspecified atom stereocenters. The molecule has 0 saturated carbocycles. The van der Waals surface area contributed by atoms with E-state index in [2.05, 4.69) is 4.99 Å². The van der Waals surface area contributed by atoms with E-state index in [0.717, 1.165) is 11.3 Å². The average Bonchev–Trinajstić information content (AvgIpc) is 2.29. The molecule has 1 aromatic rings. The minimum absolute atomic E-state index is 0.667. The zero-order valence-electron chi connectivity index (χ0n) is 10.1. The van der Waals surface area contributed by atoms with Gasteiger partial charge < -0.3 is 0 Å². The van der Waals surface area contributed by atoms with Gasteiger partial charge in [0.2, 0.25) is 0 Å². The largest absolute Gasteiger partial charge is 0.291 e. The Kier molecular flexibility index (Phi) is 7.50. The Balaban J connectivity index is 0.000000921. The first kappa shape index (κ1) is 13.8. The average molecular weight is 207 g/mol. The standard InChI is InChI=1S/C10H15N3.C2H6/c1-12-10(8-13(2)11)9-6-4-3-5-7-9;1-2/h3-7H,8,11H2,1-2H3;1-2H3. The van der Waals surface area contributed by atoms with Crippen LogP contribution in [-0.4, -0.2) is 31.4 Å². The quantitative estimate of drug-likeness (QED) is 0.467. The third kappa shape index (κ3) is 5.30. The smallest absolute Gasteiger partial charge is 0.0571 e. The molecule has 2 N–H and O–H groups in total. The molecule has 1 rings (SSSR count). The van der Waals surface area contributed by atoms with E-state index in [1.165, 1.54) is 0 Å². The van der Waals surface area contributed by atoms with Crippen molar-refractivity contribution in [3.8, 4) is 0 Å². The first-order chi connectivity index (χ1) is 7.24. The number of aliphatic imine (C=N–C) groups is 1. The first-order valence-electron chi connectivity index (χ1n) is 5.21. The summed E-state index contributed by atoms with van der Waals surface area (Å²) in [5, 5.41) is 1.62. The predicted octanol–water partition coefficient (Wildman–Crippen LogP) is 1.94. The summed E-state index contributed by atoms with van der Waals surface area (Å²) in [5.74, 6) is 5.56. The number of hydrogen-bond acceptors (Lipinski definition) is 3. The second-order valence-electron chi connectivity index (χ2n) is 2.95. The summed E-state index contributed by atoms with van der Waals surface area (Å²) in [5.41, 5.74) is 2.13. The Morgan fingerprint density at radius 1 is 1.27 bits per heavy atom. The van der Waals surface area contributed by atoms with Crippen LogP contribution in [-0.2, 0) is 0 Å². The molecule has 15 heavy (non-hydrogen) atoms. The van der Waals surface area contributed by atoms with Gasteiger partial charge in [0.15, 0.2) is 0 Å². The van der Waals surface area contributed by atoms with Gasteiger partial charge in [0.1, 0.15) is 0 Å². The van der Waals surface area contributed by atoms with E-state index >= 15 is 0 Å². The molecule has 0 aliphatic heterocycles. The molecule has 0 fully saturated rings. The molecule has 0 radical (unpaired) electrons. The third-order valence-corrected chi connectivity index (χ3v) is 1.78. The van der Waals surface area contributed by atoms with Crippen molar-refractivity contribution in [1.82, 2.24) is 5.01 Å². The van der Waals surface area contributed by atoms with Crippen LogP contribution in [0, 0.1) is 0 Å². The maximum atomic E-state index is 5.56. The molecule has 1 aromatic carbocycles. The van der Waals surface area contributed by atoms with Gasteiger partial charge in [-0.3, -0.25) is 10.8 Å². The monoisotopic (exact) mass is 207 g/mol. The van der Waals surface area contributed by atoms with Crippen molar-refractivity contribution in [2.45, 2.75) is 13.8 Å². The summed E-state index contributed by atoms with van der Waals surface area (Å²) < 4.78 is 0. The highest BCUT2D eigenvalue weighted by Gasteiger charge is 2.02. The van der Waals surface area contributed by atoms with Crippen molar-refractivity contribution in [1.29, 1.82) is 0 Å². The lowest BCUT2D eigenvalue weighted by atomic mass is 10.1. The number of benzene rings is 1. The number of nitrogens with two attached hydrogens (primary N) is 1. The second-order valence-corrected chi connectivity index (χ2v) is 2.95. The summed E-state index contributed by atoms with van der Waals surface area (Å²) >= 11 is 0. The highest BCUT2D eigenvalue weighted by atomic mass is 15.4. The molecule has 3 heteroatoms. The molecule has 0 aliphatic carbocycles. The highest BCUT2D eigenvalue weighted by molar-refractivity contribution is 6.01. The van der Waals surface area contributed by atoms with Crippen molar-refractivity contribution >= 4 is 5.71 Å². The van der Waals surface area contributed by atoms with Gasteiger partial charge >= 0.3 is 0 Å². The maximum absolute atomic E-state index is 5.56. The number of rotatable bonds is 3. The van der Waals surface area contributed by atoms with Gasteiger partial charge in [0, 0.05) is 14.1 Å². The molecule has 0 amide bonds. The summed E-state index contributed by atoms with van der Waals surface area (Å²) in [7, 11) is 3.61. The summed E-state index contributed by atoms with van der Waals surface area (Å²) in [4.78, 5) is 4.19. The van der Waals surface area contributed by atoms with Crippen LogP contribution in [0.2, 0.25) is 0 Å². The van der Waals surface area contributed by atoms with Crippen molar-refractivity contribution in [3.05, 3.63) is 35.9 Å². The Hall–Kier alpha value is -1.19. The van der Waals surface area contributed by atoms with Crippen molar-refractivity contribution in [2.75, 3.05) is 20.6 Å². The molecule has 0 bridgehead atoms. The second kappa shape index (κ2) is 8.15. The van der Waals surface area contributed by atoms with Crippen LogP contribution in [0.4, 0.5) is 0 Å². The van der Waals surface area contributed by atoms with E-state index in [4.69, 9.17) is 5.84 Å². The fourth-order valence-electron chi connectivity index (χ4n) is 1.16. The zero-order chi connectivity index (χ0) is 11.7. The van der Waals surface area contributed by atoms with Crippen molar-refractivity contribution in [2.24, 2.45) is 10.8 Å². The van der Waals surface area contributed by atoms with Gasteiger partial charge in [-0.1, -0.05) is 44.2 Å². The first-order valence-corrected chi connectivity index (χ1v) is 5.21. The number of hydrazine groups is 1. The van der Waals surface area contributed by atoms with Crippen LogP contribution in [0.3, 0.4) is 0 Å². The molecule has 0 saturated heterocycles. The molecule has 0 spiro atoms. The minimum Gasteiger partial charge on any atom is -0.291 e. The van der Waals surface area contributed by atoms with Gasteiger partial charge in [-0.15, -0.1) is 0 Å². The SMILES string of the molecule is CC.CN=C(CN(C)N)c1ccccc1. The van der Waals surface area contributed by atoms with E-state index < -0.39 is 0 Å². The fraction of sp³-hybridized carbons (Fsp3) is 0.417. The predicted molar refractivity (Wildman–Crippen MR) is 67.1 cm³/mol. The molecule has 0 aliphatic rings. The third-order valence-electron chi connectivity index (χ3n) is 1.78. The lowest BCUT2D eigenvalue weighted by Gasteiger charge is -2.11. The molecular weight excluding hydrogens is 186 g/mol. The molecule has 0 atom stereocenters. The van der Waals surface area contributed by atoms with E-state index in [1.807, 2.05) is 51.2 Å². The lowest BCUT2D eigenvalue weighted by molar-refractivity contribution is 0.401. The lowest BCUT2D eigenvalue weighted by Crippen LogP contribution is -2.32. The van der Waals surface area contributed by atoms with E-state index in [1.54, 1.807) is 12.1 Å². The Bertz CT molecular complexity index is 278. The topological polar surface area (TPSA) is 41.6 Å². The van der Waals surface area contributed by atoms with Crippen LogP contribution in [0.5, 0.6) is 0 Å². The maximum Gasteiger partial charge on any atom is 0.0571 e. The minimum atomic E-state index is 0.667. The van der Waals surface area contributed by atoms with Gasteiger partial charge in [-0.2, -0.15) is 0 Å². The van der Waals surface area contributed by atoms with Gasteiger partial charge in [-0.25, -0.2) is 5.01 Å².